The highest BCUT2D eigenvalue weighted by Gasteiger charge is 2.45. The van der Waals surface area contributed by atoms with Crippen molar-refractivity contribution in [1.82, 2.24) is 9.80 Å². The molecule has 1 unspecified atom stereocenters. The molecule has 6 heteroatoms. The standard InChI is InChI=1S/C16H22N2O3S/c1-17(2)14(19)12-5-6-16(21-12)7-9-18(10-8-16)15(20)13-4-3-11-22-13/h3-4,11-12H,5-10H2,1-2H3. The Hall–Kier alpha value is -1.40. The number of hydrogen-bond acceptors (Lipinski definition) is 4. The van der Waals surface area contributed by atoms with Crippen LogP contribution in [0.5, 0.6) is 0 Å². The molecule has 1 aromatic heterocycles. The average Bonchev–Trinajstić information content (AvgIpc) is 3.17. The summed E-state index contributed by atoms with van der Waals surface area (Å²) in [6.07, 6.45) is 3.03. The molecule has 2 amide bonds. The van der Waals surface area contributed by atoms with Gasteiger partial charge in [-0.3, -0.25) is 9.59 Å². The lowest BCUT2D eigenvalue weighted by Crippen LogP contribution is -2.47. The number of amides is 2. The van der Waals surface area contributed by atoms with Gasteiger partial charge in [-0.1, -0.05) is 6.07 Å². The zero-order valence-corrected chi connectivity index (χ0v) is 13.9. The molecule has 5 nitrogen and oxygen atoms in total. The number of thiophene rings is 1. The third-order valence-corrected chi connectivity index (χ3v) is 5.52. The zero-order chi connectivity index (χ0) is 15.7. The highest BCUT2D eigenvalue weighted by Crippen LogP contribution is 2.39. The summed E-state index contributed by atoms with van der Waals surface area (Å²) in [7, 11) is 3.53. The maximum Gasteiger partial charge on any atom is 0.263 e. The first-order chi connectivity index (χ1) is 10.5. The van der Waals surface area contributed by atoms with E-state index in [9.17, 15) is 9.59 Å². The van der Waals surface area contributed by atoms with Crippen LogP contribution in [0.25, 0.3) is 0 Å². The van der Waals surface area contributed by atoms with E-state index in [1.165, 1.54) is 11.3 Å². The highest BCUT2D eigenvalue weighted by molar-refractivity contribution is 7.12. The number of piperidine rings is 1. The molecular weight excluding hydrogens is 300 g/mol. The fourth-order valence-corrected chi connectivity index (χ4v) is 4.01. The second kappa shape index (κ2) is 6.01. The van der Waals surface area contributed by atoms with E-state index >= 15 is 0 Å². The van der Waals surface area contributed by atoms with Crippen molar-refractivity contribution in [2.75, 3.05) is 27.2 Å². The smallest absolute Gasteiger partial charge is 0.263 e. The summed E-state index contributed by atoms with van der Waals surface area (Å²) < 4.78 is 6.11. The zero-order valence-electron chi connectivity index (χ0n) is 13.1. The molecule has 3 heterocycles. The van der Waals surface area contributed by atoms with Crippen LogP contribution in [0, 0.1) is 0 Å². The Bertz CT molecular complexity index is 548. The van der Waals surface area contributed by atoms with Crippen LogP contribution in [0.2, 0.25) is 0 Å². The minimum absolute atomic E-state index is 0.0500. The van der Waals surface area contributed by atoms with Crippen LogP contribution in [-0.4, -0.2) is 60.5 Å². The van der Waals surface area contributed by atoms with Gasteiger partial charge < -0.3 is 14.5 Å². The molecule has 0 saturated carbocycles. The highest BCUT2D eigenvalue weighted by atomic mass is 32.1. The van der Waals surface area contributed by atoms with E-state index in [0.717, 1.165) is 30.6 Å². The first-order valence-corrected chi connectivity index (χ1v) is 8.60. The molecule has 2 aliphatic heterocycles. The van der Waals surface area contributed by atoms with Crippen molar-refractivity contribution in [2.24, 2.45) is 0 Å². The van der Waals surface area contributed by atoms with Crippen LogP contribution in [0.15, 0.2) is 17.5 Å². The number of rotatable bonds is 2. The fraction of sp³-hybridized carbons (Fsp3) is 0.625. The number of likely N-dealkylation sites (N-methyl/N-ethyl adjacent to an activating group) is 1. The monoisotopic (exact) mass is 322 g/mol. The minimum atomic E-state index is -0.311. The van der Waals surface area contributed by atoms with Gasteiger partial charge >= 0.3 is 0 Å². The molecule has 0 radical (unpaired) electrons. The summed E-state index contributed by atoms with van der Waals surface area (Å²) >= 11 is 1.48. The van der Waals surface area contributed by atoms with Crippen LogP contribution >= 0.6 is 11.3 Å². The summed E-state index contributed by atoms with van der Waals surface area (Å²) in [5.74, 6) is 0.165. The number of ether oxygens (including phenoxy) is 1. The Morgan fingerprint density at radius 3 is 2.64 bits per heavy atom. The van der Waals surface area contributed by atoms with Gasteiger partial charge in [0, 0.05) is 27.2 Å². The van der Waals surface area contributed by atoms with Gasteiger partial charge in [-0.05, 0) is 37.1 Å². The van der Waals surface area contributed by atoms with E-state index in [-0.39, 0.29) is 23.5 Å². The Labute approximate surface area is 134 Å². The normalized spacial score (nSPS) is 23.7. The maximum atomic E-state index is 12.4. The van der Waals surface area contributed by atoms with Crippen LogP contribution in [0.3, 0.4) is 0 Å². The Balaban J connectivity index is 1.58. The van der Waals surface area contributed by atoms with Crippen molar-refractivity contribution in [2.45, 2.75) is 37.4 Å². The van der Waals surface area contributed by atoms with E-state index in [1.54, 1.807) is 19.0 Å². The molecule has 2 saturated heterocycles. The Kier molecular flexibility index (Phi) is 4.23. The van der Waals surface area contributed by atoms with E-state index < -0.39 is 0 Å². The van der Waals surface area contributed by atoms with Gasteiger partial charge in [0.15, 0.2) is 0 Å². The van der Waals surface area contributed by atoms with Crippen molar-refractivity contribution < 1.29 is 14.3 Å². The Morgan fingerprint density at radius 1 is 1.32 bits per heavy atom. The molecule has 120 valence electrons. The molecule has 22 heavy (non-hydrogen) atoms. The van der Waals surface area contributed by atoms with E-state index in [0.29, 0.717) is 13.1 Å². The minimum Gasteiger partial charge on any atom is -0.362 e. The molecule has 1 spiro atoms. The molecular formula is C16H22N2O3S. The van der Waals surface area contributed by atoms with E-state index in [1.807, 2.05) is 22.4 Å². The molecule has 2 fully saturated rings. The van der Waals surface area contributed by atoms with Crippen LogP contribution in [-0.2, 0) is 9.53 Å². The van der Waals surface area contributed by atoms with E-state index in [4.69, 9.17) is 4.74 Å². The third-order valence-electron chi connectivity index (χ3n) is 4.66. The molecule has 1 aromatic rings. The maximum absolute atomic E-state index is 12.4. The van der Waals surface area contributed by atoms with Crippen LogP contribution in [0.4, 0.5) is 0 Å². The molecule has 3 rings (SSSR count). The van der Waals surface area contributed by atoms with Crippen molar-refractivity contribution in [3.63, 3.8) is 0 Å². The van der Waals surface area contributed by atoms with Crippen molar-refractivity contribution in [1.29, 1.82) is 0 Å². The van der Waals surface area contributed by atoms with Crippen molar-refractivity contribution in [3.05, 3.63) is 22.4 Å². The Morgan fingerprint density at radius 2 is 2.05 bits per heavy atom. The van der Waals surface area contributed by atoms with Gasteiger partial charge in [-0.25, -0.2) is 0 Å². The second-order valence-electron chi connectivity index (χ2n) is 6.33. The number of hydrogen-bond donors (Lipinski definition) is 0. The number of carbonyl (C=O) groups is 2. The quantitative estimate of drug-likeness (QED) is 0.837. The van der Waals surface area contributed by atoms with Gasteiger partial charge in [0.1, 0.15) is 6.10 Å². The second-order valence-corrected chi connectivity index (χ2v) is 7.28. The molecule has 0 bridgehead atoms. The number of carbonyl (C=O) groups excluding carboxylic acids is 2. The molecule has 0 N–H and O–H groups in total. The molecule has 0 aromatic carbocycles. The van der Waals surface area contributed by atoms with Gasteiger partial charge in [0.2, 0.25) is 0 Å². The fourth-order valence-electron chi connectivity index (χ4n) is 3.32. The van der Waals surface area contributed by atoms with E-state index in [2.05, 4.69) is 0 Å². The number of nitrogens with zero attached hydrogens (tertiary/aromatic N) is 2. The summed E-state index contributed by atoms with van der Waals surface area (Å²) in [6.45, 7) is 1.42. The summed E-state index contributed by atoms with van der Waals surface area (Å²) in [5.41, 5.74) is -0.206. The number of likely N-dealkylation sites (tertiary alicyclic amines) is 1. The van der Waals surface area contributed by atoms with Gasteiger partial charge in [0.25, 0.3) is 11.8 Å². The predicted octanol–water partition coefficient (Wildman–Crippen LogP) is 1.99. The topological polar surface area (TPSA) is 49.9 Å². The van der Waals surface area contributed by atoms with Gasteiger partial charge in [-0.15, -0.1) is 11.3 Å². The summed E-state index contributed by atoms with van der Waals surface area (Å²) in [4.78, 5) is 28.7. The largest absolute Gasteiger partial charge is 0.362 e. The lowest BCUT2D eigenvalue weighted by Gasteiger charge is -2.39. The van der Waals surface area contributed by atoms with Crippen LogP contribution < -0.4 is 0 Å². The van der Waals surface area contributed by atoms with Crippen LogP contribution in [0.1, 0.15) is 35.4 Å². The first-order valence-electron chi connectivity index (χ1n) is 7.72. The average molecular weight is 322 g/mol. The SMILES string of the molecule is CN(C)C(=O)C1CCC2(CCN(C(=O)c3cccs3)CC2)O1. The van der Waals surface area contributed by atoms with Crippen molar-refractivity contribution >= 4 is 23.2 Å². The first kappa shape index (κ1) is 15.5. The molecule has 1 atom stereocenters. The lowest BCUT2D eigenvalue weighted by molar-refractivity contribution is -0.148. The summed E-state index contributed by atoms with van der Waals surface area (Å²) in [5, 5.41) is 1.93. The molecule has 0 aliphatic carbocycles. The summed E-state index contributed by atoms with van der Waals surface area (Å²) in [6, 6.07) is 3.77. The van der Waals surface area contributed by atoms with Gasteiger partial charge in [0.05, 0.1) is 10.5 Å². The third kappa shape index (κ3) is 2.90. The van der Waals surface area contributed by atoms with Crippen molar-refractivity contribution in [3.8, 4) is 0 Å². The van der Waals surface area contributed by atoms with Gasteiger partial charge in [-0.2, -0.15) is 0 Å². The lowest BCUT2D eigenvalue weighted by atomic mass is 9.88. The predicted molar refractivity (Wildman–Crippen MR) is 85.0 cm³/mol. The molecule has 2 aliphatic rings.